The fourth-order valence-electron chi connectivity index (χ4n) is 3.47. The van der Waals surface area contributed by atoms with Crippen molar-refractivity contribution in [2.24, 2.45) is 5.92 Å². The van der Waals surface area contributed by atoms with Crippen molar-refractivity contribution in [1.82, 2.24) is 10.3 Å². The number of benzene rings is 1. The molecule has 0 radical (unpaired) electrons. The summed E-state index contributed by atoms with van der Waals surface area (Å²) in [5.41, 5.74) is 1.70. The minimum atomic E-state index is 0.283. The lowest BCUT2D eigenvalue weighted by atomic mass is 9.80. The third kappa shape index (κ3) is 3.47. The molecule has 1 aliphatic carbocycles. The van der Waals surface area contributed by atoms with E-state index in [4.69, 9.17) is 5.11 Å². The van der Waals surface area contributed by atoms with E-state index < -0.39 is 0 Å². The predicted molar refractivity (Wildman–Crippen MR) is 90.9 cm³/mol. The van der Waals surface area contributed by atoms with Crippen LogP contribution in [0.4, 0.5) is 0 Å². The van der Waals surface area contributed by atoms with Crippen LogP contribution in [-0.2, 0) is 0 Å². The molecule has 0 amide bonds. The molecule has 2 N–H and O–H groups in total. The molecule has 22 heavy (non-hydrogen) atoms. The number of hydrogen-bond acceptors (Lipinski definition) is 3. The molecule has 0 spiro atoms. The zero-order valence-electron chi connectivity index (χ0n) is 13.1. The first-order valence-corrected chi connectivity index (χ1v) is 8.20. The van der Waals surface area contributed by atoms with Crippen molar-refractivity contribution in [3.05, 3.63) is 48.3 Å². The van der Waals surface area contributed by atoms with Crippen LogP contribution < -0.4 is 5.32 Å². The van der Waals surface area contributed by atoms with Crippen LogP contribution in [0.3, 0.4) is 0 Å². The van der Waals surface area contributed by atoms with Gasteiger partial charge in [-0.15, -0.1) is 0 Å². The van der Waals surface area contributed by atoms with E-state index in [2.05, 4.69) is 23.3 Å². The Morgan fingerprint density at radius 3 is 2.95 bits per heavy atom. The Balaban J connectivity index is 0.000000131. The topological polar surface area (TPSA) is 45.1 Å². The molecule has 4 rings (SSSR count). The predicted octanol–water partition coefficient (Wildman–Crippen LogP) is 4.04. The average molecular weight is 296 g/mol. The number of rotatable bonds is 0. The van der Waals surface area contributed by atoms with E-state index in [0.717, 1.165) is 16.7 Å². The van der Waals surface area contributed by atoms with Gasteiger partial charge in [-0.3, -0.25) is 4.98 Å². The number of piperidine rings is 1. The van der Waals surface area contributed by atoms with Gasteiger partial charge in [0.15, 0.2) is 0 Å². The van der Waals surface area contributed by atoms with Crippen LogP contribution >= 0.6 is 0 Å². The Kier molecular flexibility index (Phi) is 4.74. The molecule has 3 nitrogen and oxygen atoms in total. The number of pyridine rings is 1. The molecule has 0 saturated carbocycles. The molecule has 2 unspecified atom stereocenters. The largest absolute Gasteiger partial charge is 0.508 e. The summed E-state index contributed by atoms with van der Waals surface area (Å²) in [7, 11) is 0. The van der Waals surface area contributed by atoms with Gasteiger partial charge in [-0.2, -0.15) is 0 Å². The monoisotopic (exact) mass is 296 g/mol. The fourth-order valence-corrected chi connectivity index (χ4v) is 3.47. The number of aromatic hydroxyl groups is 1. The molecular weight excluding hydrogens is 272 g/mol. The summed E-state index contributed by atoms with van der Waals surface area (Å²) in [6.45, 7) is 3.52. The lowest BCUT2D eigenvalue weighted by Crippen LogP contribution is -2.39. The maximum Gasteiger partial charge on any atom is 0.116 e. The molecule has 1 saturated heterocycles. The van der Waals surface area contributed by atoms with Crippen LogP contribution in [0.2, 0.25) is 0 Å². The van der Waals surface area contributed by atoms with E-state index in [0.29, 0.717) is 6.04 Å². The number of nitrogens with zero attached hydrogens (tertiary/aromatic N) is 1. The average Bonchev–Trinajstić information content (AvgIpc) is 2.56. The molecule has 1 aromatic carbocycles. The highest BCUT2D eigenvalue weighted by Crippen LogP contribution is 2.31. The van der Waals surface area contributed by atoms with Gasteiger partial charge in [0.05, 0.1) is 0 Å². The Labute approximate surface area is 132 Å². The van der Waals surface area contributed by atoms with Crippen LogP contribution in [0, 0.1) is 5.92 Å². The number of fused-ring (bicyclic) bond motifs is 2. The highest BCUT2D eigenvalue weighted by molar-refractivity contribution is 5.82. The molecule has 116 valence electrons. The Bertz CT molecular complexity index is 665. The SMILES string of the molecule is CC1NCCC2CCCC=C21.Oc1ccc2ccncc2c1. The minimum absolute atomic E-state index is 0.283. The first kappa shape index (κ1) is 15.0. The molecular formula is C19H24N2O. The van der Waals surface area contributed by atoms with Gasteiger partial charge in [0.2, 0.25) is 0 Å². The van der Waals surface area contributed by atoms with Crippen LogP contribution in [0.1, 0.15) is 32.6 Å². The molecule has 3 heteroatoms. The molecule has 1 fully saturated rings. The maximum atomic E-state index is 9.10. The molecule has 2 heterocycles. The van der Waals surface area contributed by atoms with Crippen molar-refractivity contribution in [2.45, 2.75) is 38.6 Å². The zero-order chi connectivity index (χ0) is 15.4. The molecule has 1 aliphatic heterocycles. The van der Waals surface area contributed by atoms with Crippen LogP contribution in [0.5, 0.6) is 5.75 Å². The Morgan fingerprint density at radius 1 is 1.18 bits per heavy atom. The summed E-state index contributed by atoms with van der Waals surface area (Å²) < 4.78 is 0. The quantitative estimate of drug-likeness (QED) is 0.721. The van der Waals surface area contributed by atoms with E-state index in [1.54, 1.807) is 30.1 Å². The Morgan fingerprint density at radius 2 is 2.09 bits per heavy atom. The summed E-state index contributed by atoms with van der Waals surface area (Å²) in [5.74, 6) is 1.21. The maximum absolute atomic E-state index is 9.10. The van der Waals surface area contributed by atoms with Crippen molar-refractivity contribution >= 4 is 10.8 Å². The third-order valence-electron chi connectivity index (χ3n) is 4.68. The number of nitrogens with one attached hydrogen (secondary N) is 1. The second kappa shape index (κ2) is 6.93. The fraction of sp³-hybridized carbons (Fsp3) is 0.421. The van der Waals surface area contributed by atoms with E-state index in [9.17, 15) is 0 Å². The molecule has 1 aromatic heterocycles. The smallest absolute Gasteiger partial charge is 0.116 e. The number of hydrogen-bond donors (Lipinski definition) is 2. The van der Waals surface area contributed by atoms with E-state index in [-0.39, 0.29) is 5.75 Å². The summed E-state index contributed by atoms with van der Waals surface area (Å²) >= 11 is 0. The second-order valence-corrected chi connectivity index (χ2v) is 6.20. The van der Waals surface area contributed by atoms with E-state index in [1.165, 1.54) is 32.2 Å². The summed E-state index contributed by atoms with van der Waals surface area (Å²) in [5, 5.41) is 14.7. The summed E-state index contributed by atoms with van der Waals surface area (Å²) in [4.78, 5) is 3.94. The Hall–Kier alpha value is -1.87. The summed E-state index contributed by atoms with van der Waals surface area (Å²) in [6.07, 6.45) is 11.5. The standard InChI is InChI=1S/C10H17N.C9H7NO/c1-8-10-5-3-2-4-9(10)6-7-11-8;11-9-2-1-7-3-4-10-6-8(7)5-9/h5,8-9,11H,2-4,6-7H2,1H3;1-6,11H. The van der Waals surface area contributed by atoms with Gasteiger partial charge in [0.1, 0.15) is 5.75 Å². The van der Waals surface area contributed by atoms with Gasteiger partial charge >= 0.3 is 0 Å². The first-order chi connectivity index (χ1) is 10.7. The lowest BCUT2D eigenvalue weighted by Gasteiger charge is -2.34. The third-order valence-corrected chi connectivity index (χ3v) is 4.68. The van der Waals surface area contributed by atoms with Crippen LogP contribution in [0.15, 0.2) is 48.3 Å². The van der Waals surface area contributed by atoms with Crippen molar-refractivity contribution in [2.75, 3.05) is 6.54 Å². The van der Waals surface area contributed by atoms with Gasteiger partial charge in [-0.05, 0) is 68.7 Å². The van der Waals surface area contributed by atoms with Crippen molar-refractivity contribution < 1.29 is 5.11 Å². The van der Waals surface area contributed by atoms with Crippen LogP contribution in [0.25, 0.3) is 10.8 Å². The van der Waals surface area contributed by atoms with Gasteiger partial charge in [0, 0.05) is 23.8 Å². The number of phenols is 1. The lowest BCUT2D eigenvalue weighted by molar-refractivity contribution is 0.371. The van der Waals surface area contributed by atoms with Crippen molar-refractivity contribution in [3.8, 4) is 5.75 Å². The van der Waals surface area contributed by atoms with Crippen molar-refractivity contribution in [3.63, 3.8) is 0 Å². The number of aromatic nitrogens is 1. The second-order valence-electron chi connectivity index (χ2n) is 6.20. The molecule has 2 atom stereocenters. The van der Waals surface area contributed by atoms with Crippen LogP contribution in [-0.4, -0.2) is 22.7 Å². The number of phenolic OH excluding ortho intramolecular Hbond substituents is 1. The van der Waals surface area contributed by atoms with E-state index >= 15 is 0 Å². The molecule has 0 bridgehead atoms. The van der Waals surface area contributed by atoms with E-state index in [1.807, 2.05) is 12.1 Å². The first-order valence-electron chi connectivity index (χ1n) is 8.20. The highest BCUT2D eigenvalue weighted by atomic mass is 16.3. The normalized spacial score (nSPS) is 24.0. The van der Waals surface area contributed by atoms with Crippen molar-refractivity contribution in [1.29, 1.82) is 0 Å². The highest BCUT2D eigenvalue weighted by Gasteiger charge is 2.25. The van der Waals surface area contributed by atoms with Gasteiger partial charge in [-0.1, -0.05) is 17.7 Å². The van der Waals surface area contributed by atoms with Gasteiger partial charge in [-0.25, -0.2) is 0 Å². The minimum Gasteiger partial charge on any atom is -0.508 e. The molecule has 2 aromatic rings. The molecule has 2 aliphatic rings. The number of allylic oxidation sites excluding steroid dienone is 1. The van der Waals surface area contributed by atoms with Gasteiger partial charge in [0.25, 0.3) is 0 Å². The summed E-state index contributed by atoms with van der Waals surface area (Å²) in [6, 6.07) is 7.81. The van der Waals surface area contributed by atoms with Gasteiger partial charge < -0.3 is 10.4 Å². The zero-order valence-corrected chi connectivity index (χ0v) is 13.1.